The summed E-state index contributed by atoms with van der Waals surface area (Å²) in [4.78, 5) is 27.9. The van der Waals surface area contributed by atoms with Gasteiger partial charge in [-0.3, -0.25) is 9.59 Å². The molecule has 7 nitrogen and oxygen atoms in total. The van der Waals surface area contributed by atoms with Crippen molar-refractivity contribution < 1.29 is 18.0 Å². The van der Waals surface area contributed by atoms with Crippen LogP contribution in [0.4, 0.5) is 5.69 Å². The van der Waals surface area contributed by atoms with Gasteiger partial charge < -0.3 is 10.2 Å². The minimum Gasteiger partial charge on any atom is -0.336 e. The summed E-state index contributed by atoms with van der Waals surface area (Å²) >= 11 is 1.60. The molecule has 0 atom stereocenters. The maximum absolute atomic E-state index is 13.2. The quantitative estimate of drug-likeness (QED) is 0.722. The van der Waals surface area contributed by atoms with Crippen LogP contribution in [0.3, 0.4) is 0 Å². The number of hydrogen-bond donors (Lipinski definition) is 1. The van der Waals surface area contributed by atoms with E-state index in [2.05, 4.69) is 5.32 Å². The Kier molecular flexibility index (Phi) is 6.20. The van der Waals surface area contributed by atoms with Crippen molar-refractivity contribution in [3.8, 4) is 0 Å². The molecule has 2 aliphatic heterocycles. The molecule has 0 spiro atoms. The van der Waals surface area contributed by atoms with E-state index < -0.39 is 10.0 Å². The van der Waals surface area contributed by atoms with E-state index >= 15 is 0 Å². The van der Waals surface area contributed by atoms with Gasteiger partial charge in [0.05, 0.1) is 10.6 Å². The van der Waals surface area contributed by atoms with Crippen LogP contribution in [0.2, 0.25) is 0 Å². The molecule has 1 saturated heterocycles. The number of sulfonamides is 1. The molecule has 3 aliphatic rings. The number of anilines is 1. The number of rotatable bonds is 3. The zero-order chi connectivity index (χ0) is 23.0. The van der Waals surface area contributed by atoms with Crippen LogP contribution in [0.25, 0.3) is 0 Å². The summed E-state index contributed by atoms with van der Waals surface area (Å²) in [6.45, 7) is 1.20. The summed E-state index contributed by atoms with van der Waals surface area (Å²) in [6, 6.07) is 10.9. The number of thioether (sulfide) groups is 1. The minimum atomic E-state index is -3.59. The van der Waals surface area contributed by atoms with Gasteiger partial charge in [-0.05, 0) is 67.1 Å². The van der Waals surface area contributed by atoms with Crippen LogP contribution in [0, 0.1) is 0 Å². The molecule has 0 aromatic heterocycles. The molecule has 2 amide bonds. The van der Waals surface area contributed by atoms with E-state index in [0.717, 1.165) is 36.1 Å². The van der Waals surface area contributed by atoms with Gasteiger partial charge in [0.15, 0.2) is 0 Å². The highest BCUT2D eigenvalue weighted by atomic mass is 32.2. The Labute approximate surface area is 198 Å². The lowest BCUT2D eigenvalue weighted by Gasteiger charge is -2.34. The lowest BCUT2D eigenvalue weighted by atomic mass is 9.92. The third-order valence-corrected chi connectivity index (χ3v) is 9.54. The lowest BCUT2D eigenvalue weighted by molar-refractivity contribution is -0.115. The number of fused-ring (bicyclic) bond motifs is 2. The van der Waals surface area contributed by atoms with Crippen molar-refractivity contribution in [3.05, 3.63) is 53.1 Å². The number of nitrogens with zero attached hydrogens (tertiary/aromatic N) is 2. The molecular formula is C24H27N3O4S2. The number of benzene rings is 2. The Morgan fingerprint density at radius 2 is 1.67 bits per heavy atom. The van der Waals surface area contributed by atoms with E-state index in [-0.39, 0.29) is 24.9 Å². The van der Waals surface area contributed by atoms with Crippen LogP contribution in [0.15, 0.2) is 46.2 Å². The summed E-state index contributed by atoms with van der Waals surface area (Å²) in [5.74, 6) is 0.520. The number of hydrogen-bond acceptors (Lipinski definition) is 5. The number of piperazine rings is 1. The van der Waals surface area contributed by atoms with Crippen LogP contribution < -0.4 is 5.32 Å². The van der Waals surface area contributed by atoms with Gasteiger partial charge in [0.1, 0.15) is 0 Å². The number of carbonyl (C=O) groups excluding carboxylic acids is 2. The molecule has 5 rings (SSSR count). The fraction of sp³-hybridized carbons (Fsp3) is 0.417. The van der Waals surface area contributed by atoms with E-state index in [0.29, 0.717) is 41.4 Å². The highest BCUT2D eigenvalue weighted by Gasteiger charge is 2.31. The van der Waals surface area contributed by atoms with Gasteiger partial charge in [-0.1, -0.05) is 6.07 Å². The Balaban J connectivity index is 1.27. The molecule has 2 aromatic carbocycles. The normalized spacial score (nSPS) is 19.3. The van der Waals surface area contributed by atoms with Gasteiger partial charge in [-0.2, -0.15) is 4.31 Å². The largest absolute Gasteiger partial charge is 0.336 e. The molecule has 174 valence electrons. The van der Waals surface area contributed by atoms with Crippen LogP contribution in [0.5, 0.6) is 0 Å². The maximum atomic E-state index is 13.2. The highest BCUT2D eigenvalue weighted by molar-refractivity contribution is 7.99. The average Bonchev–Trinajstić information content (AvgIpc) is 3.03. The smallest absolute Gasteiger partial charge is 0.254 e. The number of carbonyl (C=O) groups is 2. The Morgan fingerprint density at radius 3 is 2.45 bits per heavy atom. The molecule has 33 heavy (non-hydrogen) atoms. The molecule has 1 fully saturated rings. The third kappa shape index (κ3) is 4.54. The van der Waals surface area contributed by atoms with Gasteiger partial charge >= 0.3 is 0 Å². The summed E-state index contributed by atoms with van der Waals surface area (Å²) in [6.07, 6.45) is 4.65. The number of amides is 2. The predicted molar refractivity (Wildman–Crippen MR) is 128 cm³/mol. The third-order valence-electron chi connectivity index (χ3n) is 6.57. The van der Waals surface area contributed by atoms with Crippen molar-refractivity contribution in [2.45, 2.75) is 41.9 Å². The molecule has 0 radical (unpaired) electrons. The van der Waals surface area contributed by atoms with Crippen LogP contribution in [0.1, 0.15) is 40.7 Å². The Bertz CT molecular complexity index is 1200. The van der Waals surface area contributed by atoms with Crippen molar-refractivity contribution in [1.29, 1.82) is 0 Å². The molecule has 0 bridgehead atoms. The van der Waals surface area contributed by atoms with E-state index in [9.17, 15) is 18.0 Å². The van der Waals surface area contributed by atoms with Crippen molar-refractivity contribution in [2.75, 3.05) is 37.2 Å². The summed E-state index contributed by atoms with van der Waals surface area (Å²) in [5, 5.41) is 2.87. The van der Waals surface area contributed by atoms with Crippen molar-refractivity contribution in [1.82, 2.24) is 9.21 Å². The second-order valence-electron chi connectivity index (χ2n) is 8.69. The zero-order valence-corrected chi connectivity index (χ0v) is 20.0. The van der Waals surface area contributed by atoms with Crippen LogP contribution >= 0.6 is 11.8 Å². The molecule has 2 heterocycles. The molecule has 0 saturated carbocycles. The summed E-state index contributed by atoms with van der Waals surface area (Å²) in [5.41, 5.74) is 3.57. The molecule has 0 unspecified atom stereocenters. The topological polar surface area (TPSA) is 86.8 Å². The molecular weight excluding hydrogens is 458 g/mol. The molecule has 1 N–H and O–H groups in total. The van der Waals surface area contributed by atoms with Crippen molar-refractivity contribution in [2.24, 2.45) is 0 Å². The fourth-order valence-corrected chi connectivity index (χ4v) is 7.10. The van der Waals surface area contributed by atoms with E-state index in [1.165, 1.54) is 9.87 Å². The first-order chi connectivity index (χ1) is 15.9. The second-order valence-corrected chi connectivity index (χ2v) is 11.8. The van der Waals surface area contributed by atoms with Gasteiger partial charge in [0.2, 0.25) is 15.9 Å². The molecule has 2 aromatic rings. The minimum absolute atomic E-state index is 0.0492. The van der Waals surface area contributed by atoms with Gasteiger partial charge in [0, 0.05) is 48.8 Å². The standard InChI is InChI=1S/C24H27N3O4S2/c28-23-9-14-32-22-8-6-19(16-21(22)25-23)24(29)26-10-12-27(13-11-26)33(30,31)20-7-5-17-3-1-2-4-18(17)15-20/h5-8,15-16H,1-4,9-14H2,(H,25,28). The van der Waals surface area contributed by atoms with Crippen LogP contribution in [-0.4, -0.2) is 61.4 Å². The van der Waals surface area contributed by atoms with E-state index in [1.807, 2.05) is 18.2 Å². The molecule has 1 aliphatic carbocycles. The fourth-order valence-electron chi connectivity index (χ4n) is 4.69. The second kappa shape index (κ2) is 9.12. The maximum Gasteiger partial charge on any atom is 0.254 e. The zero-order valence-electron chi connectivity index (χ0n) is 18.4. The van der Waals surface area contributed by atoms with E-state index in [4.69, 9.17) is 0 Å². The van der Waals surface area contributed by atoms with Gasteiger partial charge in [-0.15, -0.1) is 11.8 Å². The number of aryl methyl sites for hydroxylation is 2. The lowest BCUT2D eigenvalue weighted by Crippen LogP contribution is -2.50. The Hall–Kier alpha value is -2.36. The summed E-state index contributed by atoms with van der Waals surface area (Å²) < 4.78 is 27.9. The Morgan fingerprint density at radius 1 is 0.909 bits per heavy atom. The first-order valence-corrected chi connectivity index (χ1v) is 13.8. The highest BCUT2D eigenvalue weighted by Crippen LogP contribution is 2.32. The van der Waals surface area contributed by atoms with Crippen LogP contribution in [-0.2, 0) is 27.7 Å². The molecule has 9 heteroatoms. The average molecular weight is 486 g/mol. The first-order valence-electron chi connectivity index (χ1n) is 11.4. The van der Waals surface area contributed by atoms with Crippen molar-refractivity contribution >= 4 is 39.3 Å². The van der Waals surface area contributed by atoms with Gasteiger partial charge in [-0.25, -0.2) is 8.42 Å². The first kappa shape index (κ1) is 22.4. The SMILES string of the molecule is O=C1CCSc2ccc(C(=O)N3CCN(S(=O)(=O)c4ccc5c(c4)CCCC5)CC3)cc2N1. The summed E-state index contributed by atoms with van der Waals surface area (Å²) in [7, 11) is -3.59. The number of nitrogens with one attached hydrogen (secondary N) is 1. The van der Waals surface area contributed by atoms with Gasteiger partial charge in [0.25, 0.3) is 5.91 Å². The predicted octanol–water partition coefficient (Wildman–Crippen LogP) is 3.15. The van der Waals surface area contributed by atoms with E-state index in [1.54, 1.807) is 34.9 Å². The monoisotopic (exact) mass is 485 g/mol. The van der Waals surface area contributed by atoms with Crippen molar-refractivity contribution in [3.63, 3.8) is 0 Å².